The molecule has 0 unspecified atom stereocenters. The number of Topliss-reactive ketones (excluding diaryl/α,β-unsaturated/α-hetero) is 2. The highest BCUT2D eigenvalue weighted by Crippen LogP contribution is 2.33. The number of amides is 1. The van der Waals surface area contributed by atoms with Gasteiger partial charge in [0.15, 0.2) is 16.7 Å². The summed E-state index contributed by atoms with van der Waals surface area (Å²) in [6.45, 7) is 3.70. The zero-order chi connectivity index (χ0) is 16.3. The first-order valence-corrected chi connectivity index (χ1v) is 7.49. The number of nitrogens with zero attached hydrogens (tertiary/aromatic N) is 1. The highest BCUT2D eigenvalue weighted by molar-refractivity contribution is 7.13. The van der Waals surface area contributed by atoms with Gasteiger partial charge < -0.3 is 0 Å². The SMILES string of the molecule is CC1(C)CC(=O)C(=CC(=C=N)C(=O)Nc2nccs2)C(=O)C1. The molecule has 0 aromatic carbocycles. The number of carbonyl (C=O) groups excluding carboxylic acids is 3. The topological polar surface area (TPSA) is 100.0 Å². The Morgan fingerprint density at radius 2 is 2.05 bits per heavy atom. The third-order valence-corrected chi connectivity index (χ3v) is 3.89. The number of anilines is 1. The molecule has 1 aromatic heterocycles. The summed E-state index contributed by atoms with van der Waals surface area (Å²) in [5, 5.41) is 11.8. The fourth-order valence-corrected chi connectivity index (χ4v) is 2.72. The third-order valence-electron chi connectivity index (χ3n) is 3.20. The van der Waals surface area contributed by atoms with E-state index in [1.807, 2.05) is 19.7 Å². The number of rotatable bonds is 3. The van der Waals surface area contributed by atoms with Crippen molar-refractivity contribution >= 4 is 39.8 Å². The van der Waals surface area contributed by atoms with Gasteiger partial charge in [-0.05, 0) is 17.4 Å². The highest BCUT2D eigenvalue weighted by atomic mass is 32.1. The molecule has 1 aliphatic rings. The van der Waals surface area contributed by atoms with Gasteiger partial charge in [-0.1, -0.05) is 13.8 Å². The second-order valence-electron chi connectivity index (χ2n) is 5.75. The summed E-state index contributed by atoms with van der Waals surface area (Å²) in [7, 11) is 0. The average Bonchev–Trinajstić information content (AvgIpc) is 2.89. The molecule has 7 heteroatoms. The lowest BCUT2D eigenvalue weighted by Gasteiger charge is -2.28. The van der Waals surface area contributed by atoms with Gasteiger partial charge in [0.1, 0.15) is 5.57 Å². The summed E-state index contributed by atoms with van der Waals surface area (Å²) in [5.41, 5.74) is -0.585. The molecule has 0 atom stereocenters. The van der Waals surface area contributed by atoms with E-state index in [1.165, 1.54) is 17.5 Å². The van der Waals surface area contributed by atoms with Crippen molar-refractivity contribution in [2.45, 2.75) is 26.7 Å². The molecule has 1 saturated carbocycles. The Balaban J connectivity index is 2.22. The maximum absolute atomic E-state index is 12.1. The molecule has 6 nitrogen and oxygen atoms in total. The van der Waals surface area contributed by atoms with Crippen molar-refractivity contribution in [1.82, 2.24) is 4.98 Å². The van der Waals surface area contributed by atoms with Crippen LogP contribution < -0.4 is 5.32 Å². The number of allylic oxidation sites excluding steroid dienone is 1. The van der Waals surface area contributed by atoms with Gasteiger partial charge in [0.2, 0.25) is 0 Å². The fraction of sp³-hybridized carbons (Fsp3) is 0.333. The lowest BCUT2D eigenvalue weighted by atomic mass is 9.74. The van der Waals surface area contributed by atoms with Crippen molar-refractivity contribution in [3.05, 3.63) is 28.8 Å². The number of carbonyl (C=O) groups is 3. The maximum atomic E-state index is 12.1. The summed E-state index contributed by atoms with van der Waals surface area (Å²) in [4.78, 5) is 40.1. The lowest BCUT2D eigenvalue weighted by molar-refractivity contribution is -0.127. The van der Waals surface area contributed by atoms with Crippen molar-refractivity contribution in [3.63, 3.8) is 0 Å². The van der Waals surface area contributed by atoms with Crippen LogP contribution >= 0.6 is 11.3 Å². The van der Waals surface area contributed by atoms with Crippen LogP contribution in [0.4, 0.5) is 5.13 Å². The average molecular weight is 317 g/mol. The third kappa shape index (κ3) is 3.63. The van der Waals surface area contributed by atoms with Crippen molar-refractivity contribution in [2.24, 2.45) is 5.41 Å². The highest BCUT2D eigenvalue weighted by Gasteiger charge is 2.35. The standard InChI is InChI=1S/C15H15N3O3S/c1-15(2)6-11(19)10(12(20)7-15)5-9(8-16)13(21)18-14-17-3-4-22-14/h3-5,16H,6-7H2,1-2H3,(H,17,18,21). The van der Waals surface area contributed by atoms with Gasteiger partial charge in [0, 0.05) is 24.4 Å². The molecule has 0 spiro atoms. The van der Waals surface area contributed by atoms with E-state index in [0.29, 0.717) is 5.13 Å². The van der Waals surface area contributed by atoms with Gasteiger partial charge in [-0.25, -0.2) is 4.98 Å². The predicted molar refractivity (Wildman–Crippen MR) is 83.1 cm³/mol. The van der Waals surface area contributed by atoms with Gasteiger partial charge >= 0.3 is 0 Å². The van der Waals surface area contributed by atoms with Gasteiger partial charge in [-0.15, -0.1) is 11.3 Å². The van der Waals surface area contributed by atoms with Crippen LogP contribution in [0, 0.1) is 10.8 Å². The molecule has 1 fully saturated rings. The molecule has 1 aliphatic carbocycles. The van der Waals surface area contributed by atoms with Crippen LogP contribution in [0.3, 0.4) is 0 Å². The Bertz CT molecular complexity index is 688. The second kappa shape index (κ2) is 6.17. The molecule has 0 bridgehead atoms. The van der Waals surface area contributed by atoms with Crippen LogP contribution in [-0.4, -0.2) is 28.3 Å². The molecule has 22 heavy (non-hydrogen) atoms. The molecular formula is C15H15N3O3S. The van der Waals surface area contributed by atoms with Crippen LogP contribution in [-0.2, 0) is 14.4 Å². The van der Waals surface area contributed by atoms with Gasteiger partial charge in [0.25, 0.3) is 5.91 Å². The van der Waals surface area contributed by atoms with E-state index in [4.69, 9.17) is 5.41 Å². The lowest BCUT2D eigenvalue weighted by Crippen LogP contribution is -2.31. The van der Waals surface area contributed by atoms with Gasteiger partial charge in [-0.2, -0.15) is 0 Å². The molecule has 0 saturated heterocycles. The Morgan fingerprint density at radius 1 is 1.41 bits per heavy atom. The van der Waals surface area contributed by atoms with Gasteiger partial charge in [-0.3, -0.25) is 25.1 Å². The van der Waals surface area contributed by atoms with E-state index in [9.17, 15) is 14.4 Å². The largest absolute Gasteiger partial charge is 0.297 e. The number of hydrogen-bond donors (Lipinski definition) is 2. The molecular weight excluding hydrogens is 302 g/mol. The van der Waals surface area contributed by atoms with Gasteiger partial charge in [0.05, 0.1) is 5.57 Å². The Hall–Kier alpha value is -2.37. The zero-order valence-corrected chi connectivity index (χ0v) is 13.0. The second-order valence-corrected chi connectivity index (χ2v) is 6.65. The number of nitrogens with one attached hydrogen (secondary N) is 2. The van der Waals surface area contributed by atoms with E-state index in [1.54, 1.807) is 5.38 Å². The maximum Gasteiger partial charge on any atom is 0.266 e. The van der Waals surface area contributed by atoms with Crippen molar-refractivity contribution in [1.29, 1.82) is 5.41 Å². The molecule has 1 heterocycles. The quantitative estimate of drug-likeness (QED) is 0.507. The van der Waals surface area contributed by atoms with Crippen LogP contribution in [0.5, 0.6) is 0 Å². The Kier molecular flexibility index (Phi) is 4.49. The molecule has 1 aromatic rings. The minimum absolute atomic E-state index is 0.0386. The number of aromatic nitrogens is 1. The van der Waals surface area contributed by atoms with Crippen LogP contribution in [0.25, 0.3) is 0 Å². The number of thiazole rings is 1. The monoisotopic (exact) mass is 317 g/mol. The van der Waals surface area contributed by atoms with E-state index < -0.39 is 5.91 Å². The molecule has 2 rings (SSSR count). The summed E-state index contributed by atoms with van der Waals surface area (Å²) >= 11 is 1.23. The number of hydrogen-bond acceptors (Lipinski definition) is 6. The van der Waals surface area contributed by atoms with E-state index in [2.05, 4.69) is 10.3 Å². The van der Waals surface area contributed by atoms with Crippen molar-refractivity contribution < 1.29 is 14.4 Å². The minimum atomic E-state index is -0.622. The summed E-state index contributed by atoms with van der Waals surface area (Å²) in [5.74, 6) is 0.733. The summed E-state index contributed by atoms with van der Waals surface area (Å²) < 4.78 is 0. The first kappa shape index (κ1) is 16.0. The number of ketones is 2. The summed E-state index contributed by atoms with van der Waals surface area (Å²) in [6, 6.07) is 0. The van der Waals surface area contributed by atoms with Crippen molar-refractivity contribution in [2.75, 3.05) is 5.32 Å². The Morgan fingerprint density at radius 3 is 2.55 bits per heavy atom. The molecule has 0 radical (unpaired) electrons. The first-order chi connectivity index (χ1) is 10.3. The smallest absolute Gasteiger partial charge is 0.266 e. The molecule has 1 amide bonds. The predicted octanol–water partition coefficient (Wildman–Crippen LogP) is 2.14. The van der Waals surface area contributed by atoms with Crippen LogP contribution in [0.2, 0.25) is 0 Å². The molecule has 114 valence electrons. The van der Waals surface area contributed by atoms with Crippen LogP contribution in [0.1, 0.15) is 26.7 Å². The normalized spacial score (nSPS) is 16.9. The molecule has 2 N–H and O–H groups in total. The zero-order valence-electron chi connectivity index (χ0n) is 12.2. The van der Waals surface area contributed by atoms with E-state index in [-0.39, 0.29) is 41.0 Å². The minimum Gasteiger partial charge on any atom is -0.297 e. The fourth-order valence-electron chi connectivity index (χ4n) is 2.19. The Labute approximate surface area is 131 Å². The molecule has 0 aliphatic heterocycles. The van der Waals surface area contributed by atoms with Crippen molar-refractivity contribution in [3.8, 4) is 0 Å². The summed E-state index contributed by atoms with van der Waals surface area (Å²) in [6.07, 6.45) is 3.16. The van der Waals surface area contributed by atoms with Crippen LogP contribution in [0.15, 0.2) is 28.8 Å². The van der Waals surface area contributed by atoms with E-state index in [0.717, 1.165) is 6.08 Å². The van der Waals surface area contributed by atoms with E-state index >= 15 is 0 Å². The first-order valence-electron chi connectivity index (χ1n) is 6.61.